The Morgan fingerprint density at radius 1 is 1.05 bits per heavy atom. The number of para-hydroxylation sites is 1. The predicted molar refractivity (Wildman–Crippen MR) is 68.7 cm³/mol. The zero-order chi connectivity index (χ0) is 14.1. The Morgan fingerprint density at radius 2 is 1.68 bits per heavy atom. The van der Waals surface area contributed by atoms with E-state index in [4.69, 9.17) is 14.2 Å². The molecule has 0 N–H and O–H groups in total. The van der Waals surface area contributed by atoms with Crippen LogP contribution in [0.5, 0.6) is 5.75 Å². The Bertz CT molecular complexity index is 402. The third kappa shape index (κ3) is 5.42. The van der Waals surface area contributed by atoms with Crippen molar-refractivity contribution in [2.75, 3.05) is 13.2 Å². The van der Waals surface area contributed by atoms with Crippen LogP contribution in [-0.2, 0) is 19.1 Å². The molecular formula is C14H18O5. The SMILES string of the molecule is CCOC(=O)C[C@H](Oc1ccccc1)C(=O)OCC. The number of rotatable bonds is 7. The highest BCUT2D eigenvalue weighted by Gasteiger charge is 2.25. The number of hydrogen-bond acceptors (Lipinski definition) is 5. The van der Waals surface area contributed by atoms with Crippen LogP contribution in [0.25, 0.3) is 0 Å². The van der Waals surface area contributed by atoms with E-state index < -0.39 is 18.0 Å². The average Bonchev–Trinajstić information content (AvgIpc) is 2.40. The molecule has 1 rings (SSSR count). The lowest BCUT2D eigenvalue weighted by Crippen LogP contribution is -2.32. The fourth-order valence-electron chi connectivity index (χ4n) is 1.44. The molecule has 0 bridgehead atoms. The molecule has 104 valence electrons. The molecule has 0 heterocycles. The van der Waals surface area contributed by atoms with Gasteiger partial charge in [0.05, 0.1) is 19.6 Å². The summed E-state index contributed by atoms with van der Waals surface area (Å²) in [5, 5.41) is 0. The molecule has 0 amide bonds. The summed E-state index contributed by atoms with van der Waals surface area (Å²) in [7, 11) is 0. The second-order valence-electron chi connectivity index (χ2n) is 3.68. The maximum Gasteiger partial charge on any atom is 0.347 e. The summed E-state index contributed by atoms with van der Waals surface area (Å²) in [5.41, 5.74) is 0. The molecule has 5 nitrogen and oxygen atoms in total. The van der Waals surface area contributed by atoms with E-state index in [0.29, 0.717) is 5.75 Å². The van der Waals surface area contributed by atoms with Crippen molar-refractivity contribution in [1.29, 1.82) is 0 Å². The normalized spacial score (nSPS) is 11.5. The van der Waals surface area contributed by atoms with Gasteiger partial charge in [-0.2, -0.15) is 0 Å². The first kappa shape index (κ1) is 15.0. The minimum atomic E-state index is -0.985. The van der Waals surface area contributed by atoms with E-state index >= 15 is 0 Å². The fourth-order valence-corrected chi connectivity index (χ4v) is 1.44. The van der Waals surface area contributed by atoms with Gasteiger partial charge in [0, 0.05) is 0 Å². The molecule has 0 spiro atoms. The van der Waals surface area contributed by atoms with Gasteiger partial charge < -0.3 is 14.2 Å². The molecule has 1 atom stereocenters. The maximum absolute atomic E-state index is 11.7. The van der Waals surface area contributed by atoms with Crippen LogP contribution in [0.2, 0.25) is 0 Å². The van der Waals surface area contributed by atoms with E-state index in [1.54, 1.807) is 38.1 Å². The largest absolute Gasteiger partial charge is 0.478 e. The molecule has 5 heteroatoms. The molecule has 0 aliphatic heterocycles. The summed E-state index contributed by atoms with van der Waals surface area (Å²) >= 11 is 0. The van der Waals surface area contributed by atoms with Crippen molar-refractivity contribution < 1.29 is 23.8 Å². The van der Waals surface area contributed by atoms with E-state index in [1.165, 1.54) is 0 Å². The zero-order valence-electron chi connectivity index (χ0n) is 11.1. The number of benzene rings is 1. The first-order valence-electron chi connectivity index (χ1n) is 6.21. The molecular weight excluding hydrogens is 248 g/mol. The predicted octanol–water partition coefficient (Wildman–Crippen LogP) is 1.95. The zero-order valence-corrected chi connectivity index (χ0v) is 11.1. The van der Waals surface area contributed by atoms with Gasteiger partial charge in [-0.1, -0.05) is 18.2 Å². The van der Waals surface area contributed by atoms with Crippen molar-refractivity contribution in [1.82, 2.24) is 0 Å². The molecule has 0 aromatic heterocycles. The van der Waals surface area contributed by atoms with Crippen LogP contribution in [-0.4, -0.2) is 31.3 Å². The highest BCUT2D eigenvalue weighted by molar-refractivity contribution is 5.82. The van der Waals surface area contributed by atoms with Gasteiger partial charge in [0.2, 0.25) is 6.10 Å². The first-order chi connectivity index (χ1) is 9.17. The van der Waals surface area contributed by atoms with E-state index in [1.807, 2.05) is 6.07 Å². The summed E-state index contributed by atoms with van der Waals surface area (Å²) < 4.78 is 15.2. The number of hydrogen-bond donors (Lipinski definition) is 0. The van der Waals surface area contributed by atoms with Crippen molar-refractivity contribution in [3.8, 4) is 5.75 Å². The molecule has 0 fully saturated rings. The molecule has 19 heavy (non-hydrogen) atoms. The van der Waals surface area contributed by atoms with E-state index in [0.717, 1.165) is 0 Å². The third-order valence-corrected chi connectivity index (χ3v) is 2.23. The van der Waals surface area contributed by atoms with E-state index in [2.05, 4.69) is 0 Å². The van der Waals surface area contributed by atoms with Crippen LogP contribution in [0, 0.1) is 0 Å². The number of carbonyl (C=O) groups excluding carboxylic acids is 2. The van der Waals surface area contributed by atoms with Crippen LogP contribution in [0.4, 0.5) is 0 Å². The lowest BCUT2D eigenvalue weighted by molar-refractivity contribution is -0.158. The monoisotopic (exact) mass is 266 g/mol. The third-order valence-electron chi connectivity index (χ3n) is 2.23. The van der Waals surface area contributed by atoms with Gasteiger partial charge in [-0.3, -0.25) is 4.79 Å². The topological polar surface area (TPSA) is 61.8 Å². The Hall–Kier alpha value is -2.04. The first-order valence-corrected chi connectivity index (χ1v) is 6.21. The highest BCUT2D eigenvalue weighted by atomic mass is 16.6. The van der Waals surface area contributed by atoms with Gasteiger partial charge in [0.1, 0.15) is 5.75 Å². The van der Waals surface area contributed by atoms with Crippen molar-refractivity contribution in [3.63, 3.8) is 0 Å². The smallest absolute Gasteiger partial charge is 0.347 e. The summed E-state index contributed by atoms with van der Waals surface area (Å²) in [6.07, 6.45) is -1.15. The fraction of sp³-hybridized carbons (Fsp3) is 0.429. The second kappa shape index (κ2) is 8.13. The Morgan fingerprint density at radius 3 is 2.26 bits per heavy atom. The van der Waals surface area contributed by atoms with Crippen molar-refractivity contribution >= 4 is 11.9 Å². The minimum Gasteiger partial charge on any atom is -0.478 e. The van der Waals surface area contributed by atoms with Crippen LogP contribution in [0.3, 0.4) is 0 Å². The summed E-state index contributed by atoms with van der Waals surface area (Å²) in [4.78, 5) is 23.2. The Labute approximate surface area is 112 Å². The lowest BCUT2D eigenvalue weighted by Gasteiger charge is -2.16. The molecule has 1 aromatic carbocycles. The molecule has 0 saturated carbocycles. The summed E-state index contributed by atoms with van der Waals surface area (Å²) in [5.74, 6) is -0.555. The van der Waals surface area contributed by atoms with Crippen molar-refractivity contribution in [2.45, 2.75) is 26.4 Å². The second-order valence-corrected chi connectivity index (χ2v) is 3.68. The van der Waals surface area contributed by atoms with Gasteiger partial charge in [0.25, 0.3) is 0 Å². The maximum atomic E-state index is 11.7. The Kier molecular flexibility index (Phi) is 6.43. The van der Waals surface area contributed by atoms with Gasteiger partial charge in [-0.25, -0.2) is 4.79 Å². The molecule has 0 aliphatic rings. The standard InChI is InChI=1S/C14H18O5/c1-3-17-13(15)10-12(14(16)18-4-2)19-11-8-6-5-7-9-11/h5-9,12H,3-4,10H2,1-2H3/t12-/m0/s1. The summed E-state index contributed by atoms with van der Waals surface area (Å²) in [6.45, 7) is 3.90. The van der Waals surface area contributed by atoms with Gasteiger partial charge in [-0.05, 0) is 26.0 Å². The van der Waals surface area contributed by atoms with E-state index in [9.17, 15) is 9.59 Å². The van der Waals surface area contributed by atoms with Crippen molar-refractivity contribution in [3.05, 3.63) is 30.3 Å². The number of carbonyl (C=O) groups is 2. The van der Waals surface area contributed by atoms with Gasteiger partial charge >= 0.3 is 11.9 Å². The molecule has 0 aliphatic carbocycles. The molecule has 1 aromatic rings. The molecule has 0 unspecified atom stereocenters. The Balaban J connectivity index is 2.69. The highest BCUT2D eigenvalue weighted by Crippen LogP contribution is 2.14. The summed E-state index contributed by atoms with van der Waals surface area (Å²) in [6, 6.07) is 8.80. The van der Waals surface area contributed by atoms with Crippen LogP contribution in [0.15, 0.2) is 30.3 Å². The van der Waals surface area contributed by atoms with Gasteiger partial charge in [0.15, 0.2) is 0 Å². The molecule has 0 radical (unpaired) electrons. The lowest BCUT2D eigenvalue weighted by atomic mass is 10.2. The number of esters is 2. The molecule has 0 saturated heterocycles. The van der Waals surface area contributed by atoms with E-state index in [-0.39, 0.29) is 19.6 Å². The quantitative estimate of drug-likeness (QED) is 0.706. The average molecular weight is 266 g/mol. The number of ether oxygens (including phenoxy) is 3. The van der Waals surface area contributed by atoms with Crippen molar-refractivity contribution in [2.24, 2.45) is 0 Å². The van der Waals surface area contributed by atoms with Crippen LogP contribution >= 0.6 is 0 Å². The van der Waals surface area contributed by atoms with Crippen LogP contribution in [0.1, 0.15) is 20.3 Å². The minimum absolute atomic E-state index is 0.165. The van der Waals surface area contributed by atoms with Crippen LogP contribution < -0.4 is 4.74 Å². The van der Waals surface area contributed by atoms with Gasteiger partial charge in [-0.15, -0.1) is 0 Å².